The molecule has 4 aromatic rings. The van der Waals surface area contributed by atoms with E-state index in [2.05, 4.69) is 20.3 Å². The number of fused-ring (bicyclic) bond motifs is 1. The maximum absolute atomic E-state index is 14.2. The molecule has 132 valence electrons. The van der Waals surface area contributed by atoms with E-state index in [1.807, 2.05) is 0 Å². The number of para-hydroxylation sites is 1. The van der Waals surface area contributed by atoms with E-state index in [9.17, 15) is 13.6 Å². The maximum Gasteiger partial charge on any atom is 0.275 e. The van der Waals surface area contributed by atoms with Crippen molar-refractivity contribution < 1.29 is 13.6 Å². The van der Waals surface area contributed by atoms with Gasteiger partial charge in [-0.15, -0.1) is 0 Å². The Morgan fingerprint density at radius 2 is 1.70 bits per heavy atom. The van der Waals surface area contributed by atoms with Gasteiger partial charge in [-0.1, -0.05) is 30.3 Å². The summed E-state index contributed by atoms with van der Waals surface area (Å²) in [6, 6.07) is 11.9. The summed E-state index contributed by atoms with van der Waals surface area (Å²) in [5.74, 6) is -1.61. The van der Waals surface area contributed by atoms with Gasteiger partial charge in [0.05, 0.1) is 17.3 Å². The molecule has 4 rings (SSSR count). The molecule has 2 aromatic heterocycles. The molecular weight excluding hydrogens is 350 g/mol. The van der Waals surface area contributed by atoms with E-state index >= 15 is 0 Å². The molecule has 0 atom stereocenters. The summed E-state index contributed by atoms with van der Waals surface area (Å²) < 4.78 is 28.5. The SMILES string of the molecule is O=C(Nc1cnccn1)c1ccc2cccc(-c3c(F)cccc3F)c2n1. The topological polar surface area (TPSA) is 67.8 Å². The van der Waals surface area contributed by atoms with Crippen molar-refractivity contribution in [3.8, 4) is 11.1 Å². The number of nitrogens with one attached hydrogen (secondary N) is 1. The van der Waals surface area contributed by atoms with Crippen molar-refractivity contribution in [1.29, 1.82) is 0 Å². The number of rotatable bonds is 3. The van der Waals surface area contributed by atoms with Crippen LogP contribution in [-0.2, 0) is 0 Å². The van der Waals surface area contributed by atoms with Gasteiger partial charge in [-0.05, 0) is 18.2 Å². The fraction of sp³-hybridized carbons (Fsp3) is 0. The third-order valence-corrected chi connectivity index (χ3v) is 3.99. The van der Waals surface area contributed by atoms with Crippen LogP contribution in [0.4, 0.5) is 14.6 Å². The number of amides is 1. The second kappa shape index (κ2) is 6.87. The lowest BCUT2D eigenvalue weighted by atomic mass is 10.0. The Hall–Kier alpha value is -3.74. The zero-order chi connectivity index (χ0) is 18.8. The molecular formula is C20H12F2N4O. The van der Waals surface area contributed by atoms with Crippen LogP contribution in [0.3, 0.4) is 0 Å². The second-order valence-electron chi connectivity index (χ2n) is 5.72. The van der Waals surface area contributed by atoms with Crippen molar-refractivity contribution in [2.75, 3.05) is 5.32 Å². The molecule has 0 fully saturated rings. The first-order valence-corrected chi connectivity index (χ1v) is 8.05. The van der Waals surface area contributed by atoms with Crippen LogP contribution in [0.25, 0.3) is 22.0 Å². The van der Waals surface area contributed by atoms with E-state index in [1.165, 1.54) is 42.9 Å². The van der Waals surface area contributed by atoms with Crippen LogP contribution in [0.5, 0.6) is 0 Å². The van der Waals surface area contributed by atoms with Crippen LogP contribution in [0.2, 0.25) is 0 Å². The second-order valence-corrected chi connectivity index (χ2v) is 5.72. The lowest BCUT2D eigenvalue weighted by Crippen LogP contribution is -2.14. The molecule has 0 radical (unpaired) electrons. The zero-order valence-corrected chi connectivity index (χ0v) is 13.9. The Bertz CT molecular complexity index is 1130. The van der Waals surface area contributed by atoms with Gasteiger partial charge in [0, 0.05) is 23.3 Å². The molecule has 0 spiro atoms. The lowest BCUT2D eigenvalue weighted by Gasteiger charge is -2.10. The Labute approximate surface area is 152 Å². The molecule has 1 amide bonds. The van der Waals surface area contributed by atoms with E-state index in [-0.39, 0.29) is 22.6 Å². The maximum atomic E-state index is 14.2. The number of halogens is 2. The zero-order valence-electron chi connectivity index (χ0n) is 13.9. The first kappa shape index (κ1) is 16.7. The number of carbonyl (C=O) groups excluding carboxylic acids is 1. The third-order valence-electron chi connectivity index (χ3n) is 3.99. The van der Waals surface area contributed by atoms with Gasteiger partial charge in [-0.25, -0.2) is 18.7 Å². The van der Waals surface area contributed by atoms with Gasteiger partial charge in [0.2, 0.25) is 0 Å². The molecule has 2 aromatic carbocycles. The molecule has 0 bridgehead atoms. The first-order chi connectivity index (χ1) is 13.1. The van der Waals surface area contributed by atoms with Gasteiger partial charge in [0.15, 0.2) is 5.82 Å². The Balaban J connectivity index is 1.81. The average Bonchev–Trinajstić information content (AvgIpc) is 2.68. The monoisotopic (exact) mass is 362 g/mol. The van der Waals surface area contributed by atoms with Crippen LogP contribution in [0.1, 0.15) is 10.5 Å². The number of carbonyl (C=O) groups is 1. The summed E-state index contributed by atoms with van der Waals surface area (Å²) in [4.78, 5) is 24.6. The van der Waals surface area contributed by atoms with Crippen molar-refractivity contribution in [1.82, 2.24) is 15.0 Å². The quantitative estimate of drug-likeness (QED) is 0.592. The number of pyridine rings is 1. The molecule has 7 heteroatoms. The van der Waals surface area contributed by atoms with Crippen molar-refractivity contribution >= 4 is 22.6 Å². The predicted octanol–water partition coefficient (Wildman–Crippen LogP) is 4.22. The number of hydrogen-bond donors (Lipinski definition) is 1. The Kier molecular flexibility index (Phi) is 4.25. The molecule has 27 heavy (non-hydrogen) atoms. The largest absolute Gasteiger partial charge is 0.304 e. The summed E-state index contributed by atoms with van der Waals surface area (Å²) in [6.45, 7) is 0. The third kappa shape index (κ3) is 3.22. The summed E-state index contributed by atoms with van der Waals surface area (Å²) in [5.41, 5.74) is 0.519. The highest BCUT2D eigenvalue weighted by Gasteiger charge is 2.16. The average molecular weight is 362 g/mol. The summed E-state index contributed by atoms with van der Waals surface area (Å²) in [7, 11) is 0. The number of anilines is 1. The van der Waals surface area contributed by atoms with E-state index in [0.717, 1.165) is 0 Å². The molecule has 0 aliphatic rings. The molecule has 0 aliphatic heterocycles. The Morgan fingerprint density at radius 1 is 0.926 bits per heavy atom. The molecule has 0 saturated heterocycles. The van der Waals surface area contributed by atoms with Gasteiger partial charge in [-0.3, -0.25) is 9.78 Å². The van der Waals surface area contributed by atoms with Gasteiger partial charge < -0.3 is 5.32 Å². The smallest absolute Gasteiger partial charge is 0.275 e. The van der Waals surface area contributed by atoms with Crippen LogP contribution in [0.15, 0.2) is 67.1 Å². The summed E-state index contributed by atoms with van der Waals surface area (Å²) in [5, 5.41) is 3.24. The van der Waals surface area contributed by atoms with E-state index in [1.54, 1.807) is 24.3 Å². The van der Waals surface area contributed by atoms with Crippen molar-refractivity contribution in [2.24, 2.45) is 0 Å². The van der Waals surface area contributed by atoms with Crippen LogP contribution in [-0.4, -0.2) is 20.9 Å². The number of benzene rings is 2. The minimum atomic E-state index is -0.696. The number of nitrogens with zero attached hydrogens (tertiary/aromatic N) is 3. The standard InChI is InChI=1S/C20H12F2N4O/c21-14-5-2-6-15(22)18(14)13-4-1-3-12-7-8-16(25-19(12)13)20(27)26-17-11-23-9-10-24-17/h1-11H,(H,24,26,27). The van der Waals surface area contributed by atoms with Gasteiger partial charge in [-0.2, -0.15) is 0 Å². The predicted molar refractivity (Wildman–Crippen MR) is 97.1 cm³/mol. The Morgan fingerprint density at radius 3 is 2.44 bits per heavy atom. The van der Waals surface area contributed by atoms with E-state index in [4.69, 9.17) is 0 Å². The molecule has 2 heterocycles. The molecule has 0 unspecified atom stereocenters. The summed E-state index contributed by atoms with van der Waals surface area (Å²) in [6.07, 6.45) is 4.33. The van der Waals surface area contributed by atoms with Crippen molar-refractivity contribution in [2.45, 2.75) is 0 Å². The normalized spacial score (nSPS) is 10.7. The van der Waals surface area contributed by atoms with Crippen LogP contribution < -0.4 is 5.32 Å². The highest BCUT2D eigenvalue weighted by molar-refractivity contribution is 6.04. The van der Waals surface area contributed by atoms with Gasteiger partial charge in [0.1, 0.15) is 17.3 Å². The first-order valence-electron chi connectivity index (χ1n) is 8.05. The van der Waals surface area contributed by atoms with E-state index in [0.29, 0.717) is 10.9 Å². The molecule has 0 saturated carbocycles. The lowest BCUT2D eigenvalue weighted by molar-refractivity contribution is 0.102. The fourth-order valence-electron chi connectivity index (χ4n) is 2.77. The fourth-order valence-corrected chi connectivity index (χ4v) is 2.77. The molecule has 0 aliphatic carbocycles. The summed E-state index contributed by atoms with van der Waals surface area (Å²) >= 11 is 0. The van der Waals surface area contributed by atoms with Crippen molar-refractivity contribution in [3.63, 3.8) is 0 Å². The number of hydrogen-bond acceptors (Lipinski definition) is 4. The minimum absolute atomic E-state index is 0.0948. The number of aromatic nitrogens is 3. The van der Waals surface area contributed by atoms with Crippen LogP contribution >= 0.6 is 0 Å². The van der Waals surface area contributed by atoms with E-state index < -0.39 is 17.5 Å². The highest BCUT2D eigenvalue weighted by Crippen LogP contribution is 2.31. The van der Waals surface area contributed by atoms with Crippen molar-refractivity contribution in [3.05, 3.63) is 84.4 Å². The van der Waals surface area contributed by atoms with Gasteiger partial charge in [0.25, 0.3) is 5.91 Å². The highest BCUT2D eigenvalue weighted by atomic mass is 19.1. The van der Waals surface area contributed by atoms with Crippen LogP contribution in [0, 0.1) is 11.6 Å². The molecule has 5 nitrogen and oxygen atoms in total. The minimum Gasteiger partial charge on any atom is -0.304 e. The molecule has 1 N–H and O–H groups in total. The van der Waals surface area contributed by atoms with Gasteiger partial charge >= 0.3 is 0 Å².